The Morgan fingerprint density at radius 1 is 1.17 bits per heavy atom. The maximum absolute atomic E-state index is 13.2. The molecule has 0 aliphatic carbocycles. The Bertz CT molecular complexity index is 522. The van der Waals surface area contributed by atoms with Crippen LogP contribution in [0.3, 0.4) is 0 Å². The molecule has 5 N–H and O–H groups in total. The van der Waals surface area contributed by atoms with Crippen LogP contribution in [0.25, 0.3) is 0 Å². The van der Waals surface area contributed by atoms with Crippen molar-refractivity contribution in [3.63, 3.8) is 0 Å². The summed E-state index contributed by atoms with van der Waals surface area (Å²) in [6.45, 7) is 0. The minimum absolute atomic E-state index is 0.177. The van der Waals surface area contributed by atoms with Crippen LogP contribution in [0.2, 0.25) is 0 Å². The highest BCUT2D eigenvalue weighted by atomic mass is 19.1. The fraction of sp³-hybridized carbons (Fsp3) is 0.167. The van der Waals surface area contributed by atoms with Crippen LogP contribution >= 0.6 is 0 Å². The summed E-state index contributed by atoms with van der Waals surface area (Å²) in [4.78, 5) is 0. The Kier molecular flexibility index (Phi) is 2.96. The molecule has 6 heteroatoms. The van der Waals surface area contributed by atoms with Gasteiger partial charge in [0.05, 0.1) is 12.8 Å². The molecular formula is C12H13F2N3O. The van der Waals surface area contributed by atoms with Gasteiger partial charge in [-0.05, 0) is 24.3 Å². The van der Waals surface area contributed by atoms with Gasteiger partial charge in [0.15, 0.2) is 11.5 Å². The number of dihydropyridines is 1. The van der Waals surface area contributed by atoms with E-state index in [2.05, 4.69) is 5.32 Å². The molecule has 1 heterocycles. The van der Waals surface area contributed by atoms with Gasteiger partial charge in [-0.2, -0.15) is 0 Å². The quantitative estimate of drug-likeness (QED) is 0.735. The maximum Gasteiger partial charge on any atom is 0.188 e. The van der Waals surface area contributed by atoms with Crippen LogP contribution in [0.4, 0.5) is 8.78 Å². The van der Waals surface area contributed by atoms with E-state index in [-0.39, 0.29) is 11.3 Å². The van der Waals surface area contributed by atoms with Crippen LogP contribution in [0.5, 0.6) is 0 Å². The molecule has 18 heavy (non-hydrogen) atoms. The molecule has 0 amide bonds. The van der Waals surface area contributed by atoms with E-state index in [1.165, 1.54) is 13.2 Å². The molecule has 4 nitrogen and oxygen atoms in total. The van der Waals surface area contributed by atoms with Crippen LogP contribution in [0.1, 0.15) is 5.56 Å². The highest BCUT2D eigenvalue weighted by molar-refractivity contribution is 5.38. The molecule has 1 aliphatic rings. The zero-order chi connectivity index (χ0) is 13.3. The van der Waals surface area contributed by atoms with Crippen molar-refractivity contribution in [3.05, 3.63) is 59.1 Å². The first-order chi connectivity index (χ1) is 8.45. The van der Waals surface area contributed by atoms with E-state index in [4.69, 9.17) is 16.2 Å². The van der Waals surface area contributed by atoms with Gasteiger partial charge in [0.2, 0.25) is 0 Å². The lowest BCUT2D eigenvalue weighted by Gasteiger charge is -2.35. The SMILES string of the molecule is COC1=CC=C(N)C(N)(c2cc(F)cc(F)c2)N1. The number of hydrogen-bond acceptors (Lipinski definition) is 4. The number of nitrogens with two attached hydrogens (primary N) is 2. The Labute approximate surface area is 103 Å². The molecule has 1 aromatic carbocycles. The summed E-state index contributed by atoms with van der Waals surface area (Å²) in [6.07, 6.45) is 3.11. The third-order valence-electron chi connectivity index (χ3n) is 2.73. The highest BCUT2D eigenvalue weighted by Gasteiger charge is 2.34. The summed E-state index contributed by atoms with van der Waals surface area (Å²) in [6, 6.07) is 3.01. The second-order valence-electron chi connectivity index (χ2n) is 3.95. The molecule has 1 unspecified atom stereocenters. The number of allylic oxidation sites excluding steroid dienone is 2. The summed E-state index contributed by atoms with van der Waals surface area (Å²) in [7, 11) is 1.45. The van der Waals surface area contributed by atoms with E-state index in [0.717, 1.165) is 18.2 Å². The van der Waals surface area contributed by atoms with Gasteiger partial charge in [0.25, 0.3) is 0 Å². The smallest absolute Gasteiger partial charge is 0.188 e. The highest BCUT2D eigenvalue weighted by Crippen LogP contribution is 2.26. The lowest BCUT2D eigenvalue weighted by atomic mass is 9.94. The average molecular weight is 253 g/mol. The van der Waals surface area contributed by atoms with E-state index >= 15 is 0 Å². The van der Waals surface area contributed by atoms with Crippen molar-refractivity contribution >= 4 is 0 Å². The molecule has 1 aliphatic heterocycles. The van der Waals surface area contributed by atoms with Crippen molar-refractivity contribution in [2.45, 2.75) is 5.66 Å². The van der Waals surface area contributed by atoms with Crippen LogP contribution in [-0.2, 0) is 10.4 Å². The molecule has 0 radical (unpaired) electrons. The van der Waals surface area contributed by atoms with Gasteiger partial charge in [-0.25, -0.2) is 8.78 Å². The van der Waals surface area contributed by atoms with Crippen molar-refractivity contribution in [2.75, 3.05) is 7.11 Å². The van der Waals surface area contributed by atoms with Crippen molar-refractivity contribution < 1.29 is 13.5 Å². The van der Waals surface area contributed by atoms with Crippen LogP contribution in [0, 0.1) is 11.6 Å². The number of ether oxygens (including phenoxy) is 1. The van der Waals surface area contributed by atoms with Crippen molar-refractivity contribution in [1.82, 2.24) is 5.32 Å². The molecule has 1 atom stereocenters. The predicted molar refractivity (Wildman–Crippen MR) is 62.7 cm³/mol. The van der Waals surface area contributed by atoms with Gasteiger partial charge >= 0.3 is 0 Å². The van der Waals surface area contributed by atoms with Crippen molar-refractivity contribution in [2.24, 2.45) is 11.5 Å². The first kappa shape index (κ1) is 12.4. The van der Waals surface area contributed by atoms with Crippen molar-refractivity contribution in [1.29, 1.82) is 0 Å². The predicted octanol–water partition coefficient (Wildman–Crippen LogP) is 1.01. The molecule has 0 bridgehead atoms. The molecule has 0 aromatic heterocycles. The lowest BCUT2D eigenvalue weighted by Crippen LogP contribution is -2.55. The summed E-state index contributed by atoms with van der Waals surface area (Å²) in [5, 5.41) is 2.79. The molecule has 0 saturated heterocycles. The topological polar surface area (TPSA) is 73.3 Å². The molecule has 1 aromatic rings. The van der Waals surface area contributed by atoms with Gasteiger partial charge < -0.3 is 15.8 Å². The Morgan fingerprint density at radius 2 is 1.78 bits per heavy atom. The minimum Gasteiger partial charge on any atom is -0.482 e. The standard InChI is InChI=1S/C12H13F2N3O/c1-18-11-3-2-10(15)12(16,17-11)7-4-8(13)6-9(14)5-7/h2-6,17H,15-16H2,1H3. The summed E-state index contributed by atoms with van der Waals surface area (Å²) < 4.78 is 31.5. The first-order valence-electron chi connectivity index (χ1n) is 5.21. The molecule has 96 valence electrons. The zero-order valence-electron chi connectivity index (χ0n) is 9.71. The van der Waals surface area contributed by atoms with Gasteiger partial charge in [-0.15, -0.1) is 0 Å². The van der Waals surface area contributed by atoms with Gasteiger partial charge in [-0.1, -0.05) is 0 Å². The fourth-order valence-electron chi connectivity index (χ4n) is 1.74. The summed E-state index contributed by atoms with van der Waals surface area (Å²) in [5.74, 6) is -1.09. The summed E-state index contributed by atoms with van der Waals surface area (Å²) >= 11 is 0. The normalized spacial score (nSPS) is 22.9. The number of halogens is 2. The van der Waals surface area contributed by atoms with E-state index in [1.54, 1.807) is 6.08 Å². The lowest BCUT2D eigenvalue weighted by molar-refractivity contribution is 0.224. The first-order valence-corrected chi connectivity index (χ1v) is 5.21. The number of rotatable bonds is 2. The van der Waals surface area contributed by atoms with Crippen LogP contribution in [0.15, 0.2) is 41.9 Å². The van der Waals surface area contributed by atoms with E-state index in [9.17, 15) is 8.78 Å². The van der Waals surface area contributed by atoms with E-state index in [0.29, 0.717) is 5.88 Å². The molecule has 0 saturated carbocycles. The second kappa shape index (κ2) is 4.30. The van der Waals surface area contributed by atoms with Crippen LogP contribution in [-0.4, -0.2) is 7.11 Å². The third-order valence-corrected chi connectivity index (χ3v) is 2.73. The van der Waals surface area contributed by atoms with Gasteiger partial charge in [0, 0.05) is 11.6 Å². The number of benzene rings is 1. The fourth-order valence-corrected chi connectivity index (χ4v) is 1.74. The Hall–Kier alpha value is -2.08. The largest absolute Gasteiger partial charge is 0.482 e. The Morgan fingerprint density at radius 3 is 2.33 bits per heavy atom. The third kappa shape index (κ3) is 2.02. The molecule has 0 fully saturated rings. The molecule has 0 spiro atoms. The Balaban J connectivity index is 2.48. The monoisotopic (exact) mass is 253 g/mol. The van der Waals surface area contributed by atoms with E-state index in [1.807, 2.05) is 0 Å². The minimum atomic E-state index is -1.40. The van der Waals surface area contributed by atoms with Crippen molar-refractivity contribution in [3.8, 4) is 0 Å². The number of hydrogen-bond donors (Lipinski definition) is 3. The number of nitrogens with one attached hydrogen (secondary N) is 1. The van der Waals surface area contributed by atoms with Crippen LogP contribution < -0.4 is 16.8 Å². The molecule has 2 rings (SSSR count). The summed E-state index contributed by atoms with van der Waals surface area (Å²) in [5.41, 5.74) is 10.9. The van der Waals surface area contributed by atoms with E-state index < -0.39 is 17.3 Å². The average Bonchev–Trinajstić information content (AvgIpc) is 2.31. The van der Waals surface area contributed by atoms with Gasteiger partial charge in [0.1, 0.15) is 11.6 Å². The maximum atomic E-state index is 13.2. The zero-order valence-corrected chi connectivity index (χ0v) is 9.71. The van der Waals surface area contributed by atoms with Gasteiger partial charge in [-0.3, -0.25) is 5.73 Å². The molecular weight excluding hydrogens is 240 g/mol. The number of methoxy groups -OCH3 is 1. The second-order valence-corrected chi connectivity index (χ2v) is 3.95.